The van der Waals surface area contributed by atoms with E-state index in [1.165, 1.54) is 7.11 Å². The van der Waals surface area contributed by atoms with Crippen LogP contribution in [0.1, 0.15) is 22.3 Å². The molecule has 0 aliphatic carbocycles. The van der Waals surface area contributed by atoms with Crippen molar-refractivity contribution < 1.29 is 14.3 Å². The number of hydrogen-bond acceptors (Lipinski definition) is 3. The van der Waals surface area contributed by atoms with Gasteiger partial charge < -0.3 is 9.47 Å². The molecule has 27 heavy (non-hydrogen) atoms. The second kappa shape index (κ2) is 5.66. The summed E-state index contributed by atoms with van der Waals surface area (Å²) in [5, 5.41) is 0. The van der Waals surface area contributed by atoms with E-state index in [2.05, 4.69) is 6.07 Å². The standard InChI is InChI=1S/C24H18O3/c1-26-22(25)21-16-23(17-10-4-2-5-11-17)19-14-8-9-15-20(19)24(21,27-23)18-12-6-3-7-13-18/h2-16H,1H3. The smallest absolute Gasteiger partial charge is 0.337 e. The molecule has 0 saturated heterocycles. The molecule has 0 saturated carbocycles. The minimum Gasteiger partial charge on any atom is -0.466 e. The van der Waals surface area contributed by atoms with E-state index >= 15 is 0 Å². The van der Waals surface area contributed by atoms with Gasteiger partial charge in [-0.1, -0.05) is 84.9 Å². The number of carbonyl (C=O) groups excluding carboxylic acids is 1. The monoisotopic (exact) mass is 354 g/mol. The number of carbonyl (C=O) groups is 1. The molecule has 3 aromatic carbocycles. The molecular formula is C24H18O3. The second-order valence-corrected chi connectivity index (χ2v) is 6.85. The average Bonchev–Trinajstić information content (AvgIpc) is 3.27. The summed E-state index contributed by atoms with van der Waals surface area (Å²) < 4.78 is 12.0. The first-order valence-corrected chi connectivity index (χ1v) is 8.95. The first kappa shape index (κ1) is 16.0. The van der Waals surface area contributed by atoms with Crippen LogP contribution in [0.4, 0.5) is 0 Å². The lowest BCUT2D eigenvalue weighted by Crippen LogP contribution is -2.32. The Morgan fingerprint density at radius 2 is 1.33 bits per heavy atom. The SMILES string of the molecule is COC(=O)C1=CC2(c3ccccc3)OC1(c1ccccc1)c1ccccc12. The molecule has 0 N–H and O–H groups in total. The van der Waals surface area contributed by atoms with Gasteiger partial charge in [0.1, 0.15) is 5.60 Å². The van der Waals surface area contributed by atoms with Crippen LogP contribution in [0.3, 0.4) is 0 Å². The molecule has 3 heteroatoms. The Morgan fingerprint density at radius 1 is 0.778 bits per heavy atom. The third-order valence-corrected chi connectivity index (χ3v) is 5.54. The van der Waals surface area contributed by atoms with E-state index in [0.717, 1.165) is 22.3 Å². The number of methoxy groups -OCH3 is 1. The lowest BCUT2D eigenvalue weighted by molar-refractivity contribution is -0.138. The molecule has 3 nitrogen and oxygen atoms in total. The van der Waals surface area contributed by atoms with Gasteiger partial charge in [-0.05, 0) is 28.3 Å². The zero-order valence-corrected chi connectivity index (χ0v) is 14.9. The summed E-state index contributed by atoms with van der Waals surface area (Å²) in [4.78, 5) is 12.8. The summed E-state index contributed by atoms with van der Waals surface area (Å²) >= 11 is 0. The number of ether oxygens (including phenoxy) is 2. The van der Waals surface area contributed by atoms with Gasteiger partial charge in [0, 0.05) is 0 Å². The third kappa shape index (κ3) is 1.97. The van der Waals surface area contributed by atoms with Crippen molar-refractivity contribution >= 4 is 5.97 Å². The van der Waals surface area contributed by atoms with Gasteiger partial charge in [-0.2, -0.15) is 0 Å². The molecule has 5 rings (SSSR count). The van der Waals surface area contributed by atoms with Crippen LogP contribution in [0, 0.1) is 0 Å². The number of benzene rings is 3. The average molecular weight is 354 g/mol. The Kier molecular flexibility index (Phi) is 3.36. The van der Waals surface area contributed by atoms with Crippen LogP contribution in [-0.2, 0) is 25.5 Å². The first-order chi connectivity index (χ1) is 13.2. The summed E-state index contributed by atoms with van der Waals surface area (Å²) in [5.74, 6) is -0.369. The minimum atomic E-state index is -0.971. The Bertz CT molecular complexity index is 1060. The number of rotatable bonds is 3. The molecule has 2 unspecified atom stereocenters. The molecule has 2 aliphatic heterocycles. The second-order valence-electron chi connectivity index (χ2n) is 6.85. The van der Waals surface area contributed by atoms with Crippen molar-refractivity contribution in [3.05, 3.63) is 119 Å². The highest BCUT2D eigenvalue weighted by atomic mass is 16.6. The molecule has 0 spiro atoms. The molecule has 132 valence electrons. The summed E-state index contributed by atoms with van der Waals surface area (Å²) in [5.41, 5.74) is 2.71. The Balaban J connectivity index is 1.87. The molecule has 2 heterocycles. The maximum Gasteiger partial charge on any atom is 0.337 e. The topological polar surface area (TPSA) is 35.5 Å². The van der Waals surface area contributed by atoms with Crippen LogP contribution < -0.4 is 0 Å². The van der Waals surface area contributed by atoms with Crippen molar-refractivity contribution in [2.45, 2.75) is 11.2 Å². The predicted octanol–water partition coefficient (Wildman–Crippen LogP) is 4.32. The predicted molar refractivity (Wildman–Crippen MR) is 102 cm³/mol. The van der Waals surface area contributed by atoms with Crippen LogP contribution in [0.25, 0.3) is 0 Å². The maximum atomic E-state index is 12.8. The van der Waals surface area contributed by atoms with Crippen molar-refractivity contribution in [2.75, 3.05) is 7.11 Å². The highest BCUT2D eigenvalue weighted by molar-refractivity contribution is 5.95. The normalized spacial score (nSPS) is 25.0. The molecule has 0 aromatic heterocycles. The van der Waals surface area contributed by atoms with E-state index in [9.17, 15) is 4.79 Å². The molecule has 2 bridgehead atoms. The Labute approximate surface area is 157 Å². The molecule has 2 atom stereocenters. The van der Waals surface area contributed by atoms with Gasteiger partial charge in [0.15, 0.2) is 5.60 Å². The zero-order chi connectivity index (χ0) is 18.5. The molecular weight excluding hydrogens is 336 g/mol. The van der Waals surface area contributed by atoms with Gasteiger partial charge in [0.05, 0.1) is 12.7 Å². The summed E-state index contributed by atoms with van der Waals surface area (Å²) in [6.45, 7) is 0. The molecule has 0 amide bonds. The van der Waals surface area contributed by atoms with E-state index in [4.69, 9.17) is 9.47 Å². The van der Waals surface area contributed by atoms with Crippen molar-refractivity contribution in [3.63, 3.8) is 0 Å². The Hall–Kier alpha value is -3.17. The highest BCUT2D eigenvalue weighted by Crippen LogP contribution is 2.62. The summed E-state index contributed by atoms with van der Waals surface area (Å²) in [7, 11) is 1.41. The van der Waals surface area contributed by atoms with E-state index in [-0.39, 0.29) is 5.97 Å². The van der Waals surface area contributed by atoms with Crippen LogP contribution in [-0.4, -0.2) is 13.1 Å². The lowest BCUT2D eigenvalue weighted by atomic mass is 9.72. The largest absolute Gasteiger partial charge is 0.466 e. The third-order valence-electron chi connectivity index (χ3n) is 5.54. The van der Waals surface area contributed by atoms with Gasteiger partial charge in [0.25, 0.3) is 0 Å². The first-order valence-electron chi connectivity index (χ1n) is 8.95. The molecule has 0 fully saturated rings. The highest BCUT2D eigenvalue weighted by Gasteiger charge is 2.63. The van der Waals surface area contributed by atoms with Gasteiger partial charge >= 0.3 is 5.97 Å². The van der Waals surface area contributed by atoms with Gasteiger partial charge in [-0.3, -0.25) is 0 Å². The number of esters is 1. The lowest BCUT2D eigenvalue weighted by Gasteiger charge is -2.29. The van der Waals surface area contributed by atoms with Crippen LogP contribution in [0.5, 0.6) is 0 Å². The van der Waals surface area contributed by atoms with Crippen molar-refractivity contribution in [1.82, 2.24) is 0 Å². The van der Waals surface area contributed by atoms with Crippen LogP contribution in [0.2, 0.25) is 0 Å². The quantitative estimate of drug-likeness (QED) is 0.657. The molecule has 3 aromatic rings. The van der Waals surface area contributed by atoms with E-state index in [0.29, 0.717) is 5.57 Å². The van der Waals surface area contributed by atoms with Gasteiger partial charge in [-0.15, -0.1) is 0 Å². The summed E-state index contributed by atoms with van der Waals surface area (Å²) in [6.07, 6.45) is 1.93. The molecule has 2 aliphatic rings. The van der Waals surface area contributed by atoms with Crippen molar-refractivity contribution in [3.8, 4) is 0 Å². The van der Waals surface area contributed by atoms with Gasteiger partial charge in [0.2, 0.25) is 0 Å². The fourth-order valence-electron chi connectivity index (χ4n) is 4.42. The fourth-order valence-corrected chi connectivity index (χ4v) is 4.42. The molecule has 0 radical (unpaired) electrons. The Morgan fingerprint density at radius 3 is 1.96 bits per heavy atom. The van der Waals surface area contributed by atoms with Crippen LogP contribution >= 0.6 is 0 Å². The van der Waals surface area contributed by atoms with E-state index in [1.54, 1.807) is 0 Å². The van der Waals surface area contributed by atoms with Gasteiger partial charge in [-0.25, -0.2) is 4.79 Å². The number of fused-ring (bicyclic) bond motifs is 5. The van der Waals surface area contributed by atoms with Crippen molar-refractivity contribution in [1.29, 1.82) is 0 Å². The fraction of sp³-hybridized carbons (Fsp3) is 0.125. The summed E-state index contributed by atoms with van der Waals surface area (Å²) in [6, 6.07) is 28.0. The minimum absolute atomic E-state index is 0.369. The van der Waals surface area contributed by atoms with Crippen molar-refractivity contribution in [2.24, 2.45) is 0 Å². The van der Waals surface area contributed by atoms with Crippen LogP contribution in [0.15, 0.2) is 96.6 Å². The van der Waals surface area contributed by atoms with E-state index in [1.807, 2.05) is 84.9 Å². The number of hydrogen-bond donors (Lipinski definition) is 0. The van der Waals surface area contributed by atoms with E-state index < -0.39 is 11.2 Å². The zero-order valence-electron chi connectivity index (χ0n) is 14.9. The maximum absolute atomic E-state index is 12.8.